The Balaban J connectivity index is 1.99. The number of hydrogen-bond acceptors (Lipinski definition) is 5. The first-order valence-electron chi connectivity index (χ1n) is 4.75. The summed E-state index contributed by atoms with van der Waals surface area (Å²) in [5, 5.41) is 22.4. The summed E-state index contributed by atoms with van der Waals surface area (Å²) in [7, 11) is 0. The highest BCUT2D eigenvalue weighted by Crippen LogP contribution is 2.12. The third-order valence-electron chi connectivity index (χ3n) is 1.96. The molecule has 0 fully saturated rings. The van der Waals surface area contributed by atoms with E-state index in [0.29, 0.717) is 5.56 Å². The molecule has 0 bridgehead atoms. The number of H-pyrrole nitrogens is 1. The number of benzene rings is 1. The topological polar surface area (TPSA) is 103 Å². The monoisotopic (exact) mass is 231 g/mol. The Bertz CT molecular complexity index is 535. The lowest BCUT2D eigenvalue weighted by molar-refractivity contribution is 0.0950. The number of rotatable bonds is 3. The first-order valence-corrected chi connectivity index (χ1v) is 4.75. The zero-order chi connectivity index (χ0) is 12.1. The molecule has 7 heteroatoms. The van der Waals surface area contributed by atoms with Crippen LogP contribution in [0.1, 0.15) is 16.1 Å². The summed E-state index contributed by atoms with van der Waals surface area (Å²) >= 11 is 0. The number of phenolic OH excluding ortho intramolecular Hbond substituents is 1. The SMILES string of the molecule is O=C(NN=Cc1ccccc1O)c1c[nH]nn1. The van der Waals surface area contributed by atoms with Crippen molar-refractivity contribution < 1.29 is 9.90 Å². The van der Waals surface area contributed by atoms with Crippen LogP contribution in [0.2, 0.25) is 0 Å². The van der Waals surface area contributed by atoms with Crippen molar-refractivity contribution in [3.63, 3.8) is 0 Å². The van der Waals surface area contributed by atoms with Gasteiger partial charge in [-0.1, -0.05) is 17.3 Å². The fourth-order valence-electron chi connectivity index (χ4n) is 1.13. The van der Waals surface area contributed by atoms with E-state index in [-0.39, 0.29) is 11.4 Å². The zero-order valence-electron chi connectivity index (χ0n) is 8.66. The maximum absolute atomic E-state index is 11.4. The molecule has 0 aliphatic rings. The number of amides is 1. The fourth-order valence-corrected chi connectivity index (χ4v) is 1.13. The van der Waals surface area contributed by atoms with Gasteiger partial charge in [-0.2, -0.15) is 5.10 Å². The summed E-state index contributed by atoms with van der Waals surface area (Å²) in [4.78, 5) is 11.4. The molecule has 0 saturated carbocycles. The average molecular weight is 231 g/mol. The highest BCUT2D eigenvalue weighted by atomic mass is 16.3. The molecular weight excluding hydrogens is 222 g/mol. The molecule has 2 rings (SSSR count). The van der Waals surface area contributed by atoms with Gasteiger partial charge in [0.1, 0.15) is 5.75 Å². The lowest BCUT2D eigenvalue weighted by atomic mass is 10.2. The van der Waals surface area contributed by atoms with Crippen LogP contribution in [0.4, 0.5) is 0 Å². The van der Waals surface area contributed by atoms with E-state index in [1.165, 1.54) is 18.5 Å². The maximum atomic E-state index is 11.4. The van der Waals surface area contributed by atoms with Crippen LogP contribution >= 0.6 is 0 Å². The Morgan fingerprint density at radius 3 is 3.00 bits per heavy atom. The Hall–Kier alpha value is -2.70. The van der Waals surface area contributed by atoms with Gasteiger partial charge in [-0.15, -0.1) is 5.10 Å². The second kappa shape index (κ2) is 4.88. The van der Waals surface area contributed by atoms with Gasteiger partial charge in [-0.3, -0.25) is 9.89 Å². The summed E-state index contributed by atoms with van der Waals surface area (Å²) in [6.07, 6.45) is 2.69. The van der Waals surface area contributed by atoms with Crippen LogP contribution in [0.3, 0.4) is 0 Å². The van der Waals surface area contributed by atoms with E-state index >= 15 is 0 Å². The minimum absolute atomic E-state index is 0.0898. The van der Waals surface area contributed by atoms with Crippen molar-refractivity contribution in [3.05, 3.63) is 41.7 Å². The number of hydrogen-bond donors (Lipinski definition) is 3. The van der Waals surface area contributed by atoms with Gasteiger partial charge in [0.2, 0.25) is 0 Å². The minimum atomic E-state index is -0.481. The van der Waals surface area contributed by atoms with E-state index in [0.717, 1.165) is 0 Å². The number of nitrogens with one attached hydrogen (secondary N) is 2. The van der Waals surface area contributed by atoms with Crippen LogP contribution in [0, 0.1) is 0 Å². The lowest BCUT2D eigenvalue weighted by Crippen LogP contribution is -2.18. The lowest BCUT2D eigenvalue weighted by Gasteiger charge is -1.97. The van der Waals surface area contributed by atoms with Crippen molar-refractivity contribution >= 4 is 12.1 Å². The van der Waals surface area contributed by atoms with E-state index in [1.807, 2.05) is 0 Å². The number of nitrogens with zero attached hydrogens (tertiary/aromatic N) is 3. The molecule has 86 valence electrons. The molecule has 1 aromatic carbocycles. The van der Waals surface area contributed by atoms with Crippen LogP contribution in [-0.2, 0) is 0 Å². The third-order valence-corrected chi connectivity index (χ3v) is 1.96. The van der Waals surface area contributed by atoms with Gasteiger partial charge < -0.3 is 5.11 Å². The maximum Gasteiger partial charge on any atom is 0.293 e. The predicted molar refractivity (Wildman–Crippen MR) is 59.5 cm³/mol. The molecule has 1 amide bonds. The number of aromatic nitrogens is 3. The Labute approximate surface area is 96.2 Å². The summed E-state index contributed by atoms with van der Waals surface area (Å²) in [6, 6.07) is 6.64. The van der Waals surface area contributed by atoms with Crippen LogP contribution in [-0.4, -0.2) is 32.6 Å². The summed E-state index contributed by atoms with van der Waals surface area (Å²) in [6.45, 7) is 0. The summed E-state index contributed by atoms with van der Waals surface area (Å²) in [5.41, 5.74) is 2.90. The molecule has 0 atom stereocenters. The number of para-hydroxylation sites is 1. The first kappa shape index (κ1) is 10.8. The molecule has 0 aliphatic heterocycles. The molecule has 0 radical (unpaired) electrons. The molecular formula is C10H9N5O2. The van der Waals surface area contributed by atoms with Gasteiger partial charge in [-0.25, -0.2) is 5.43 Å². The third kappa shape index (κ3) is 2.65. The normalized spacial score (nSPS) is 10.6. The smallest absolute Gasteiger partial charge is 0.293 e. The van der Waals surface area contributed by atoms with Crippen LogP contribution in [0.15, 0.2) is 35.6 Å². The molecule has 3 N–H and O–H groups in total. The van der Waals surface area contributed by atoms with Gasteiger partial charge in [-0.05, 0) is 12.1 Å². The Morgan fingerprint density at radius 2 is 2.29 bits per heavy atom. The number of hydrazone groups is 1. The number of aromatic amines is 1. The summed E-state index contributed by atoms with van der Waals surface area (Å²) < 4.78 is 0. The number of aromatic hydroxyl groups is 1. The average Bonchev–Trinajstić information content (AvgIpc) is 2.85. The van der Waals surface area contributed by atoms with E-state index < -0.39 is 5.91 Å². The van der Waals surface area contributed by atoms with Crippen molar-refractivity contribution in [1.29, 1.82) is 0 Å². The highest BCUT2D eigenvalue weighted by Gasteiger charge is 2.06. The Kier molecular flexibility index (Phi) is 3.10. The van der Waals surface area contributed by atoms with Gasteiger partial charge in [0.15, 0.2) is 5.69 Å². The predicted octanol–water partition coefficient (Wildman–Crippen LogP) is 0.274. The van der Waals surface area contributed by atoms with Gasteiger partial charge in [0.05, 0.1) is 12.4 Å². The molecule has 17 heavy (non-hydrogen) atoms. The molecule has 1 aromatic heterocycles. The molecule has 0 spiro atoms. The van der Waals surface area contributed by atoms with Crippen LogP contribution in [0.25, 0.3) is 0 Å². The Morgan fingerprint density at radius 1 is 1.47 bits per heavy atom. The van der Waals surface area contributed by atoms with Crippen molar-refractivity contribution in [3.8, 4) is 5.75 Å². The number of phenols is 1. The molecule has 0 aliphatic carbocycles. The quantitative estimate of drug-likeness (QED) is 0.521. The second-order valence-corrected chi connectivity index (χ2v) is 3.12. The molecule has 7 nitrogen and oxygen atoms in total. The van der Waals surface area contributed by atoms with Gasteiger partial charge in [0.25, 0.3) is 5.91 Å². The van der Waals surface area contributed by atoms with Crippen molar-refractivity contribution in [1.82, 2.24) is 20.8 Å². The van der Waals surface area contributed by atoms with E-state index in [2.05, 4.69) is 25.9 Å². The van der Waals surface area contributed by atoms with Crippen molar-refractivity contribution in [2.75, 3.05) is 0 Å². The van der Waals surface area contributed by atoms with Crippen molar-refractivity contribution in [2.45, 2.75) is 0 Å². The first-order chi connectivity index (χ1) is 8.27. The van der Waals surface area contributed by atoms with Crippen molar-refractivity contribution in [2.24, 2.45) is 5.10 Å². The van der Waals surface area contributed by atoms with Gasteiger partial charge >= 0.3 is 0 Å². The highest BCUT2D eigenvalue weighted by molar-refractivity contribution is 5.93. The number of carbonyl (C=O) groups is 1. The number of carbonyl (C=O) groups excluding carboxylic acids is 1. The second-order valence-electron chi connectivity index (χ2n) is 3.12. The zero-order valence-corrected chi connectivity index (χ0v) is 8.66. The van der Waals surface area contributed by atoms with Crippen LogP contribution in [0.5, 0.6) is 5.75 Å². The largest absolute Gasteiger partial charge is 0.507 e. The van der Waals surface area contributed by atoms with E-state index in [4.69, 9.17) is 0 Å². The molecule has 1 heterocycles. The minimum Gasteiger partial charge on any atom is -0.507 e. The molecule has 2 aromatic rings. The molecule has 0 saturated heterocycles. The van der Waals surface area contributed by atoms with Crippen LogP contribution < -0.4 is 5.43 Å². The fraction of sp³-hybridized carbons (Fsp3) is 0. The van der Waals surface area contributed by atoms with E-state index in [9.17, 15) is 9.90 Å². The standard InChI is InChI=1S/C10H9N5O2/c16-9-4-2-1-3-7(9)5-11-14-10(17)8-6-12-15-13-8/h1-6,16H,(H,14,17)(H,12,13,15). The molecule has 0 unspecified atom stereocenters. The van der Waals surface area contributed by atoms with E-state index in [1.54, 1.807) is 18.2 Å². The summed E-state index contributed by atoms with van der Waals surface area (Å²) in [5.74, 6) is -0.391. The van der Waals surface area contributed by atoms with Gasteiger partial charge in [0, 0.05) is 5.56 Å².